The van der Waals surface area contributed by atoms with Crippen LogP contribution in [0.25, 0.3) is 5.69 Å². The fourth-order valence-corrected chi connectivity index (χ4v) is 2.80. The van der Waals surface area contributed by atoms with Crippen LogP contribution in [0.5, 0.6) is 0 Å². The van der Waals surface area contributed by atoms with E-state index in [-0.39, 0.29) is 11.9 Å². The van der Waals surface area contributed by atoms with Crippen molar-refractivity contribution >= 4 is 5.91 Å². The number of halogens is 2. The third kappa shape index (κ3) is 2.84. The zero-order valence-electron chi connectivity index (χ0n) is 12.8. The van der Waals surface area contributed by atoms with Crippen LogP contribution >= 0.6 is 0 Å². The Labute approximate surface area is 132 Å². The van der Waals surface area contributed by atoms with Crippen molar-refractivity contribution < 1.29 is 13.6 Å². The summed E-state index contributed by atoms with van der Waals surface area (Å²) >= 11 is 0. The number of fused-ring (bicyclic) bond motifs is 1. The summed E-state index contributed by atoms with van der Waals surface area (Å²) in [6.45, 7) is 2.14. The van der Waals surface area contributed by atoms with E-state index in [1.54, 1.807) is 0 Å². The van der Waals surface area contributed by atoms with Crippen molar-refractivity contribution in [3.63, 3.8) is 0 Å². The van der Waals surface area contributed by atoms with E-state index in [0.29, 0.717) is 17.9 Å². The second-order valence-corrected chi connectivity index (χ2v) is 5.75. The fraction of sp³-hybridized carbons (Fsp3) is 0.375. The van der Waals surface area contributed by atoms with Gasteiger partial charge in [-0.2, -0.15) is 5.10 Å². The maximum atomic E-state index is 13.5. The zero-order valence-corrected chi connectivity index (χ0v) is 12.8. The van der Waals surface area contributed by atoms with E-state index in [1.807, 2.05) is 6.92 Å². The molecule has 2 aromatic rings. The second kappa shape index (κ2) is 6.08. The van der Waals surface area contributed by atoms with Crippen molar-refractivity contribution in [2.45, 2.75) is 32.2 Å². The number of carbonyl (C=O) groups is 1. The summed E-state index contributed by atoms with van der Waals surface area (Å²) in [7, 11) is 0. The van der Waals surface area contributed by atoms with E-state index in [2.05, 4.69) is 10.4 Å². The van der Waals surface area contributed by atoms with Crippen LogP contribution in [0.15, 0.2) is 18.2 Å². The van der Waals surface area contributed by atoms with Gasteiger partial charge in [0.05, 0.1) is 5.69 Å². The molecule has 122 valence electrons. The summed E-state index contributed by atoms with van der Waals surface area (Å²) in [4.78, 5) is 12.4. The van der Waals surface area contributed by atoms with Crippen LogP contribution in [-0.2, 0) is 12.8 Å². The Kier molecular flexibility index (Phi) is 4.12. The average molecular weight is 320 g/mol. The minimum Gasteiger partial charge on any atom is -0.347 e. The molecule has 1 aliphatic rings. The first kappa shape index (κ1) is 15.6. The maximum Gasteiger partial charge on any atom is 0.272 e. The lowest BCUT2D eigenvalue weighted by Crippen LogP contribution is -2.38. The van der Waals surface area contributed by atoms with Crippen LogP contribution in [0, 0.1) is 11.6 Å². The summed E-state index contributed by atoms with van der Waals surface area (Å²) in [6.07, 6.45) is 2.41. The molecule has 23 heavy (non-hydrogen) atoms. The van der Waals surface area contributed by atoms with Gasteiger partial charge in [0.15, 0.2) is 17.3 Å². The number of nitrogens with one attached hydrogen (secondary N) is 1. The van der Waals surface area contributed by atoms with Crippen molar-refractivity contribution in [2.24, 2.45) is 5.73 Å². The van der Waals surface area contributed by atoms with Gasteiger partial charge in [-0.05, 0) is 38.3 Å². The van der Waals surface area contributed by atoms with Crippen molar-refractivity contribution in [3.05, 3.63) is 46.8 Å². The highest BCUT2D eigenvalue weighted by atomic mass is 19.2. The Balaban J connectivity index is 2.01. The minimum absolute atomic E-state index is 0.159. The van der Waals surface area contributed by atoms with Gasteiger partial charge in [0, 0.05) is 29.9 Å². The molecule has 1 amide bonds. The molecule has 0 aliphatic heterocycles. The van der Waals surface area contributed by atoms with E-state index in [0.717, 1.165) is 42.7 Å². The van der Waals surface area contributed by atoms with E-state index >= 15 is 0 Å². The second-order valence-electron chi connectivity index (χ2n) is 5.75. The predicted octanol–water partition coefficient (Wildman–Crippen LogP) is 1.72. The number of nitrogens with zero attached hydrogens (tertiary/aromatic N) is 2. The average Bonchev–Trinajstić information content (AvgIpc) is 3.12. The molecule has 5 nitrogen and oxygen atoms in total. The first-order valence-electron chi connectivity index (χ1n) is 7.58. The highest BCUT2D eigenvalue weighted by Gasteiger charge is 2.27. The van der Waals surface area contributed by atoms with Gasteiger partial charge in [-0.15, -0.1) is 0 Å². The van der Waals surface area contributed by atoms with Gasteiger partial charge < -0.3 is 11.1 Å². The summed E-state index contributed by atoms with van der Waals surface area (Å²) in [5.41, 5.74) is 8.01. The van der Waals surface area contributed by atoms with E-state index < -0.39 is 11.6 Å². The number of rotatable bonds is 4. The lowest BCUT2D eigenvalue weighted by Gasteiger charge is -2.10. The molecule has 1 aromatic heterocycles. The smallest absolute Gasteiger partial charge is 0.272 e. The highest BCUT2D eigenvalue weighted by molar-refractivity contribution is 5.94. The quantitative estimate of drug-likeness (QED) is 0.901. The molecule has 0 saturated carbocycles. The van der Waals surface area contributed by atoms with E-state index in [4.69, 9.17) is 5.73 Å². The Bertz CT molecular complexity index is 757. The molecular formula is C16H18F2N4O. The van der Waals surface area contributed by atoms with Gasteiger partial charge in [0.25, 0.3) is 5.91 Å². The first-order chi connectivity index (χ1) is 11.0. The number of benzene rings is 1. The number of amides is 1. The topological polar surface area (TPSA) is 72.9 Å². The van der Waals surface area contributed by atoms with E-state index in [1.165, 1.54) is 10.7 Å². The van der Waals surface area contributed by atoms with Crippen LogP contribution in [0.3, 0.4) is 0 Å². The Hall–Kier alpha value is -2.28. The van der Waals surface area contributed by atoms with E-state index in [9.17, 15) is 13.6 Å². The number of carbonyl (C=O) groups excluding carboxylic acids is 1. The summed E-state index contributed by atoms with van der Waals surface area (Å²) in [5.74, 6) is -2.14. The van der Waals surface area contributed by atoms with Gasteiger partial charge in [-0.25, -0.2) is 13.5 Å². The maximum absolute atomic E-state index is 13.5. The van der Waals surface area contributed by atoms with Gasteiger partial charge >= 0.3 is 0 Å². The molecule has 0 radical (unpaired) electrons. The van der Waals surface area contributed by atoms with Gasteiger partial charge in [0.2, 0.25) is 0 Å². The molecule has 0 spiro atoms. The summed E-state index contributed by atoms with van der Waals surface area (Å²) in [6, 6.07) is 3.44. The number of hydrogen-bond acceptors (Lipinski definition) is 3. The summed E-state index contributed by atoms with van der Waals surface area (Å²) in [5, 5.41) is 7.12. The van der Waals surface area contributed by atoms with Crippen molar-refractivity contribution in [1.82, 2.24) is 15.1 Å². The lowest BCUT2D eigenvalue weighted by molar-refractivity contribution is 0.0935. The molecule has 0 bridgehead atoms. The molecule has 3 N–H and O–H groups in total. The monoisotopic (exact) mass is 320 g/mol. The van der Waals surface area contributed by atoms with Crippen molar-refractivity contribution in [3.8, 4) is 5.69 Å². The Morgan fingerprint density at radius 3 is 2.87 bits per heavy atom. The van der Waals surface area contributed by atoms with Crippen molar-refractivity contribution in [2.75, 3.05) is 6.54 Å². The highest BCUT2D eigenvalue weighted by Crippen LogP contribution is 2.28. The molecule has 7 heteroatoms. The molecule has 1 atom stereocenters. The van der Waals surface area contributed by atoms with Gasteiger partial charge in [-0.3, -0.25) is 4.79 Å². The third-order valence-corrected chi connectivity index (χ3v) is 4.02. The molecule has 3 rings (SSSR count). The Morgan fingerprint density at radius 1 is 1.39 bits per heavy atom. The number of nitrogens with two attached hydrogens (primary N) is 1. The van der Waals surface area contributed by atoms with Gasteiger partial charge in [-0.1, -0.05) is 0 Å². The van der Waals surface area contributed by atoms with Gasteiger partial charge in [0.1, 0.15) is 0 Å². The first-order valence-corrected chi connectivity index (χ1v) is 7.58. The van der Waals surface area contributed by atoms with Crippen LogP contribution in [0.4, 0.5) is 8.78 Å². The lowest BCUT2D eigenvalue weighted by atomic mass is 10.2. The predicted molar refractivity (Wildman–Crippen MR) is 81.5 cm³/mol. The van der Waals surface area contributed by atoms with Crippen LogP contribution in [-0.4, -0.2) is 28.3 Å². The van der Waals surface area contributed by atoms with Crippen LogP contribution < -0.4 is 11.1 Å². The minimum atomic E-state index is -0.937. The SMILES string of the molecule is C[C@@H](CN)NC(=O)c1nn(-c2ccc(F)c(F)c2)c2c1CCC2. The molecule has 0 unspecified atom stereocenters. The number of hydrogen-bond donors (Lipinski definition) is 2. The zero-order chi connectivity index (χ0) is 16.6. The molecule has 1 aliphatic carbocycles. The third-order valence-electron chi connectivity index (χ3n) is 4.02. The van der Waals surface area contributed by atoms with Crippen LogP contribution in [0.2, 0.25) is 0 Å². The fourth-order valence-electron chi connectivity index (χ4n) is 2.80. The van der Waals surface area contributed by atoms with Crippen molar-refractivity contribution in [1.29, 1.82) is 0 Å². The molecule has 0 fully saturated rings. The number of aromatic nitrogens is 2. The molecule has 0 saturated heterocycles. The molecule has 1 heterocycles. The Morgan fingerprint density at radius 2 is 2.17 bits per heavy atom. The standard InChI is InChI=1S/C16H18F2N4O/c1-9(8-19)20-16(23)15-11-3-2-4-14(11)22(21-15)10-5-6-12(17)13(18)7-10/h5-7,9H,2-4,8,19H2,1H3,(H,20,23)/t9-/m0/s1. The molecular weight excluding hydrogens is 302 g/mol. The molecule has 1 aromatic carbocycles. The summed E-state index contributed by atoms with van der Waals surface area (Å²) < 4.78 is 28.1. The van der Waals surface area contributed by atoms with Crippen LogP contribution in [0.1, 0.15) is 35.1 Å². The normalized spacial score (nSPS) is 14.6. The largest absolute Gasteiger partial charge is 0.347 e.